The SMILES string of the molecule is OCCCCn1nc(-c2ccccc2)c(-c2ccccc2)c1-c1ccccc1. The van der Waals surface area contributed by atoms with Crippen molar-refractivity contribution in [1.29, 1.82) is 0 Å². The Balaban J connectivity index is 1.96. The molecule has 0 bridgehead atoms. The molecule has 1 heterocycles. The zero-order valence-corrected chi connectivity index (χ0v) is 15.8. The molecule has 0 aliphatic heterocycles. The minimum atomic E-state index is 0.207. The smallest absolute Gasteiger partial charge is 0.101 e. The summed E-state index contributed by atoms with van der Waals surface area (Å²) in [5, 5.41) is 14.3. The van der Waals surface area contributed by atoms with E-state index in [0.29, 0.717) is 0 Å². The van der Waals surface area contributed by atoms with Crippen LogP contribution in [0, 0.1) is 0 Å². The van der Waals surface area contributed by atoms with Crippen molar-refractivity contribution in [3.63, 3.8) is 0 Å². The molecule has 3 aromatic carbocycles. The molecule has 0 aliphatic rings. The van der Waals surface area contributed by atoms with Crippen molar-refractivity contribution >= 4 is 0 Å². The number of rotatable bonds is 7. The van der Waals surface area contributed by atoms with E-state index in [9.17, 15) is 5.11 Å². The Morgan fingerprint density at radius 1 is 0.643 bits per heavy atom. The second-order valence-corrected chi connectivity index (χ2v) is 6.82. The van der Waals surface area contributed by atoms with Gasteiger partial charge in [0.25, 0.3) is 0 Å². The number of unbranched alkanes of at least 4 members (excludes halogenated alkanes) is 1. The summed E-state index contributed by atoms with van der Waals surface area (Å²) in [5.41, 5.74) is 6.70. The molecule has 0 atom stereocenters. The maximum Gasteiger partial charge on any atom is 0.101 e. The lowest BCUT2D eigenvalue weighted by Crippen LogP contribution is -2.03. The van der Waals surface area contributed by atoms with Gasteiger partial charge in [0.1, 0.15) is 5.69 Å². The van der Waals surface area contributed by atoms with E-state index in [1.54, 1.807) is 0 Å². The molecule has 4 aromatic rings. The van der Waals surface area contributed by atoms with Crippen molar-refractivity contribution in [3.05, 3.63) is 91.0 Å². The molecule has 4 rings (SSSR count). The molecule has 3 heteroatoms. The van der Waals surface area contributed by atoms with E-state index in [2.05, 4.69) is 77.5 Å². The van der Waals surface area contributed by atoms with Gasteiger partial charge in [-0.3, -0.25) is 4.68 Å². The molecule has 3 nitrogen and oxygen atoms in total. The summed E-state index contributed by atoms with van der Waals surface area (Å²) in [6, 6.07) is 31.3. The van der Waals surface area contributed by atoms with Crippen molar-refractivity contribution < 1.29 is 5.11 Å². The van der Waals surface area contributed by atoms with Crippen LogP contribution in [-0.2, 0) is 6.54 Å². The van der Waals surface area contributed by atoms with Crippen molar-refractivity contribution in [2.75, 3.05) is 6.61 Å². The Morgan fingerprint density at radius 2 is 1.18 bits per heavy atom. The predicted octanol–water partition coefficient (Wildman–Crippen LogP) is 5.66. The minimum absolute atomic E-state index is 0.207. The molecule has 1 N–H and O–H groups in total. The van der Waals surface area contributed by atoms with E-state index in [1.807, 2.05) is 18.2 Å². The molecule has 0 spiro atoms. The van der Waals surface area contributed by atoms with E-state index in [1.165, 1.54) is 0 Å². The Bertz CT molecular complexity index is 1010. The van der Waals surface area contributed by atoms with Crippen LogP contribution in [0.4, 0.5) is 0 Å². The zero-order chi connectivity index (χ0) is 19.2. The van der Waals surface area contributed by atoms with Crippen molar-refractivity contribution in [2.24, 2.45) is 0 Å². The Labute approximate surface area is 165 Å². The van der Waals surface area contributed by atoms with Gasteiger partial charge in [-0.25, -0.2) is 0 Å². The van der Waals surface area contributed by atoms with Gasteiger partial charge in [-0.2, -0.15) is 5.10 Å². The number of aliphatic hydroxyl groups excluding tert-OH is 1. The van der Waals surface area contributed by atoms with Crippen molar-refractivity contribution in [3.8, 4) is 33.6 Å². The number of hydrogen-bond acceptors (Lipinski definition) is 2. The lowest BCUT2D eigenvalue weighted by Gasteiger charge is -2.10. The number of aliphatic hydroxyl groups is 1. The lowest BCUT2D eigenvalue weighted by atomic mass is 9.96. The number of aryl methyl sites for hydroxylation is 1. The quantitative estimate of drug-likeness (QED) is 0.428. The van der Waals surface area contributed by atoms with Gasteiger partial charge < -0.3 is 5.11 Å². The molecular formula is C25H24N2O. The monoisotopic (exact) mass is 368 g/mol. The average Bonchev–Trinajstić information content (AvgIpc) is 3.15. The fraction of sp³-hybridized carbons (Fsp3) is 0.160. The van der Waals surface area contributed by atoms with Crippen molar-refractivity contribution in [1.82, 2.24) is 9.78 Å². The van der Waals surface area contributed by atoms with Crippen LogP contribution < -0.4 is 0 Å². The summed E-state index contributed by atoms with van der Waals surface area (Å²) in [7, 11) is 0. The van der Waals surface area contributed by atoms with E-state index >= 15 is 0 Å². The average molecular weight is 368 g/mol. The normalized spacial score (nSPS) is 10.9. The molecule has 0 amide bonds. The summed E-state index contributed by atoms with van der Waals surface area (Å²) in [4.78, 5) is 0. The first kappa shape index (κ1) is 18.2. The highest BCUT2D eigenvalue weighted by atomic mass is 16.2. The van der Waals surface area contributed by atoms with E-state index in [0.717, 1.165) is 53.0 Å². The van der Waals surface area contributed by atoms with Gasteiger partial charge in [0.05, 0.1) is 5.69 Å². The number of nitrogens with zero attached hydrogens (tertiary/aromatic N) is 2. The molecule has 0 saturated carbocycles. The fourth-order valence-corrected chi connectivity index (χ4v) is 3.56. The molecule has 0 unspecified atom stereocenters. The third-order valence-corrected chi connectivity index (χ3v) is 4.89. The van der Waals surface area contributed by atoms with Gasteiger partial charge in [-0.1, -0.05) is 91.0 Å². The first-order valence-electron chi connectivity index (χ1n) is 9.76. The summed E-state index contributed by atoms with van der Waals surface area (Å²) in [6.07, 6.45) is 1.66. The number of benzene rings is 3. The van der Waals surface area contributed by atoms with Crippen LogP contribution in [0.25, 0.3) is 33.6 Å². The summed E-state index contributed by atoms with van der Waals surface area (Å²) < 4.78 is 2.11. The highest BCUT2D eigenvalue weighted by Gasteiger charge is 2.21. The predicted molar refractivity (Wildman–Crippen MR) is 115 cm³/mol. The molecule has 0 radical (unpaired) electrons. The maximum absolute atomic E-state index is 9.22. The molecule has 28 heavy (non-hydrogen) atoms. The zero-order valence-electron chi connectivity index (χ0n) is 15.8. The van der Waals surface area contributed by atoms with Gasteiger partial charge in [-0.05, 0) is 18.4 Å². The first-order valence-corrected chi connectivity index (χ1v) is 9.76. The van der Waals surface area contributed by atoms with Crippen LogP contribution in [-0.4, -0.2) is 21.5 Å². The summed E-state index contributed by atoms with van der Waals surface area (Å²) in [5.74, 6) is 0. The van der Waals surface area contributed by atoms with Crippen LogP contribution in [0.5, 0.6) is 0 Å². The Kier molecular flexibility index (Phi) is 5.64. The molecule has 140 valence electrons. The second kappa shape index (κ2) is 8.68. The molecule has 0 aliphatic carbocycles. The van der Waals surface area contributed by atoms with Crippen molar-refractivity contribution in [2.45, 2.75) is 19.4 Å². The minimum Gasteiger partial charge on any atom is -0.396 e. The summed E-state index contributed by atoms with van der Waals surface area (Å²) >= 11 is 0. The highest BCUT2D eigenvalue weighted by Crippen LogP contribution is 2.40. The lowest BCUT2D eigenvalue weighted by molar-refractivity contribution is 0.280. The van der Waals surface area contributed by atoms with Crippen LogP contribution >= 0.6 is 0 Å². The van der Waals surface area contributed by atoms with Crippen LogP contribution in [0.15, 0.2) is 91.0 Å². The fourth-order valence-electron chi connectivity index (χ4n) is 3.56. The molecule has 1 aromatic heterocycles. The summed E-state index contributed by atoms with van der Waals surface area (Å²) in [6.45, 7) is 0.983. The first-order chi connectivity index (χ1) is 13.9. The van der Waals surface area contributed by atoms with Gasteiger partial charge >= 0.3 is 0 Å². The van der Waals surface area contributed by atoms with Gasteiger partial charge in [0.15, 0.2) is 0 Å². The van der Waals surface area contributed by atoms with Gasteiger partial charge in [-0.15, -0.1) is 0 Å². The van der Waals surface area contributed by atoms with E-state index in [4.69, 9.17) is 5.10 Å². The third-order valence-electron chi connectivity index (χ3n) is 4.89. The van der Waals surface area contributed by atoms with E-state index in [-0.39, 0.29) is 6.61 Å². The topological polar surface area (TPSA) is 38.0 Å². The molecule has 0 saturated heterocycles. The number of hydrogen-bond donors (Lipinski definition) is 1. The Hall–Kier alpha value is -3.17. The molecular weight excluding hydrogens is 344 g/mol. The van der Waals surface area contributed by atoms with Gasteiger partial charge in [0.2, 0.25) is 0 Å². The van der Waals surface area contributed by atoms with Crippen LogP contribution in [0.3, 0.4) is 0 Å². The second-order valence-electron chi connectivity index (χ2n) is 6.82. The maximum atomic E-state index is 9.22. The molecule has 0 fully saturated rings. The highest BCUT2D eigenvalue weighted by molar-refractivity contribution is 5.91. The van der Waals surface area contributed by atoms with Gasteiger partial charge in [0, 0.05) is 29.8 Å². The van der Waals surface area contributed by atoms with Crippen LogP contribution in [0.2, 0.25) is 0 Å². The number of aromatic nitrogens is 2. The van der Waals surface area contributed by atoms with E-state index < -0.39 is 0 Å². The third kappa shape index (κ3) is 3.75. The van der Waals surface area contributed by atoms with Crippen LogP contribution in [0.1, 0.15) is 12.8 Å². The largest absolute Gasteiger partial charge is 0.396 e. The standard InChI is InChI=1S/C25H24N2O/c28-19-11-10-18-27-25(22-16-8-3-9-17-22)23(20-12-4-1-5-13-20)24(26-27)21-14-6-2-7-15-21/h1-9,12-17,28H,10-11,18-19H2. The Morgan fingerprint density at radius 3 is 1.75 bits per heavy atom.